The van der Waals surface area contributed by atoms with Gasteiger partial charge in [-0.1, -0.05) is 60.6 Å². The van der Waals surface area contributed by atoms with E-state index < -0.39 is 73.3 Å². The van der Waals surface area contributed by atoms with E-state index in [0.717, 1.165) is 44.1 Å². The number of carbonyl (C=O) groups excluding carboxylic acids is 1. The predicted molar refractivity (Wildman–Crippen MR) is 191 cm³/mol. The largest absolute Gasteiger partial charge is 0.432 e. The normalized spacial score (nSPS) is 53.5. The molecule has 18 atom stereocenters. The van der Waals surface area contributed by atoms with Crippen LogP contribution in [0.1, 0.15) is 99.8 Å². The van der Waals surface area contributed by atoms with Crippen LogP contribution in [0.3, 0.4) is 0 Å². The number of allylic oxidation sites excluding steroid dienone is 3. The Morgan fingerprint density at radius 3 is 2.23 bits per heavy atom. The predicted octanol–water partition coefficient (Wildman–Crippen LogP) is 2.73. The first kappa shape index (κ1) is 39.8. The molecule has 7 rings (SSSR count). The molecule has 7 N–H and O–H groups in total. The van der Waals surface area contributed by atoms with Crippen LogP contribution in [0.2, 0.25) is 0 Å². The highest BCUT2D eigenvalue weighted by Crippen LogP contribution is 2.74. The smallest absolute Gasteiger partial charge is 0.318 e. The van der Waals surface area contributed by atoms with E-state index in [1.165, 1.54) is 5.57 Å². The lowest BCUT2D eigenvalue weighted by atomic mass is 9.35. The number of hydrogen-bond donors (Lipinski definition) is 7. The molecule has 2 heterocycles. The van der Waals surface area contributed by atoms with Crippen LogP contribution < -0.4 is 0 Å². The molecule has 2 saturated heterocycles. The van der Waals surface area contributed by atoms with Gasteiger partial charge in [0.25, 0.3) is 0 Å². The van der Waals surface area contributed by atoms with E-state index in [9.17, 15) is 40.5 Å². The zero-order valence-corrected chi connectivity index (χ0v) is 32.5. The molecule has 53 heavy (non-hydrogen) atoms. The monoisotopic (exact) mass is 748 g/mol. The number of hydrogen-bond acceptors (Lipinski definition) is 12. The first-order valence-corrected chi connectivity index (χ1v) is 20.0. The average molecular weight is 749 g/mol. The summed E-state index contributed by atoms with van der Waals surface area (Å²) in [7, 11) is 0. The second-order valence-electron chi connectivity index (χ2n) is 19.2. The van der Waals surface area contributed by atoms with Crippen molar-refractivity contribution in [3.05, 3.63) is 23.3 Å². The maximum atomic E-state index is 14.5. The van der Waals surface area contributed by atoms with Crippen LogP contribution >= 0.6 is 0 Å². The molecule has 2 aliphatic heterocycles. The molecule has 0 bridgehead atoms. The summed E-state index contributed by atoms with van der Waals surface area (Å²) in [5.74, 6) is 0.501. The summed E-state index contributed by atoms with van der Waals surface area (Å²) in [5.41, 5.74) is 0.720. The zero-order valence-electron chi connectivity index (χ0n) is 32.5. The van der Waals surface area contributed by atoms with Crippen molar-refractivity contribution in [1.82, 2.24) is 0 Å². The van der Waals surface area contributed by atoms with Gasteiger partial charge in [-0.3, -0.25) is 4.79 Å². The molecule has 1 unspecified atom stereocenters. The summed E-state index contributed by atoms with van der Waals surface area (Å²) >= 11 is 0. The van der Waals surface area contributed by atoms with Crippen LogP contribution in [-0.4, -0.2) is 116 Å². The summed E-state index contributed by atoms with van der Waals surface area (Å²) in [6.07, 6.45) is -1.39. The lowest BCUT2D eigenvalue weighted by Crippen LogP contribution is -2.64. The summed E-state index contributed by atoms with van der Waals surface area (Å²) in [5, 5.41) is 72.3. The van der Waals surface area contributed by atoms with Crippen LogP contribution in [0.4, 0.5) is 0 Å². The van der Waals surface area contributed by atoms with Gasteiger partial charge in [0.15, 0.2) is 6.29 Å². The Bertz CT molecular complexity index is 1480. The molecular weight excluding hydrogens is 684 g/mol. The van der Waals surface area contributed by atoms with E-state index in [2.05, 4.69) is 60.6 Å². The molecule has 0 aromatic heterocycles. The molecule has 3 saturated carbocycles. The minimum atomic E-state index is -1.66. The number of ether oxygens (including phenoxy) is 4. The van der Waals surface area contributed by atoms with Gasteiger partial charge in [0, 0.05) is 0 Å². The molecule has 0 aromatic carbocycles. The van der Waals surface area contributed by atoms with Gasteiger partial charge in [-0.05, 0) is 108 Å². The van der Waals surface area contributed by atoms with Crippen molar-refractivity contribution in [2.24, 2.45) is 50.7 Å². The molecule has 0 radical (unpaired) electrons. The van der Waals surface area contributed by atoms with Crippen molar-refractivity contribution in [2.75, 3.05) is 13.2 Å². The fourth-order valence-electron chi connectivity index (χ4n) is 12.8. The van der Waals surface area contributed by atoms with Gasteiger partial charge in [-0.15, -0.1) is 0 Å². The Labute approximate surface area is 313 Å². The number of fused-ring (bicyclic) bond motifs is 6. The Kier molecular flexibility index (Phi) is 10.2. The minimum absolute atomic E-state index is 0.0597. The Hall–Kier alpha value is -1.45. The summed E-state index contributed by atoms with van der Waals surface area (Å²) in [4.78, 5) is 14.5. The number of rotatable bonds is 5. The lowest BCUT2D eigenvalue weighted by Gasteiger charge is -2.69. The van der Waals surface area contributed by atoms with Crippen molar-refractivity contribution in [2.45, 2.75) is 161 Å². The zero-order chi connectivity index (χ0) is 38.6. The lowest BCUT2D eigenvalue weighted by molar-refractivity contribution is -0.306. The van der Waals surface area contributed by atoms with Gasteiger partial charge in [0.05, 0.1) is 24.7 Å². The van der Waals surface area contributed by atoms with Gasteiger partial charge in [-0.25, -0.2) is 0 Å². The number of aliphatic hydroxyl groups is 7. The van der Waals surface area contributed by atoms with E-state index in [1.54, 1.807) is 0 Å². The van der Waals surface area contributed by atoms with Crippen molar-refractivity contribution >= 4 is 5.97 Å². The van der Waals surface area contributed by atoms with Crippen LogP contribution in [0.15, 0.2) is 23.3 Å². The molecule has 0 spiro atoms. The fourth-order valence-corrected chi connectivity index (χ4v) is 12.8. The quantitative estimate of drug-likeness (QED) is 0.161. The third kappa shape index (κ3) is 5.70. The first-order valence-electron chi connectivity index (χ1n) is 20.0. The summed E-state index contributed by atoms with van der Waals surface area (Å²) in [6, 6.07) is 0. The van der Waals surface area contributed by atoms with Crippen molar-refractivity contribution in [3.63, 3.8) is 0 Å². The van der Waals surface area contributed by atoms with E-state index >= 15 is 0 Å². The molecule has 7 aliphatic rings. The van der Waals surface area contributed by atoms with Crippen molar-refractivity contribution in [1.29, 1.82) is 0 Å². The fraction of sp³-hybridized carbons (Fsp3) is 0.878. The van der Waals surface area contributed by atoms with Gasteiger partial charge < -0.3 is 54.7 Å². The van der Waals surface area contributed by atoms with Crippen LogP contribution in [0, 0.1) is 50.7 Å². The third-order valence-corrected chi connectivity index (χ3v) is 16.5. The van der Waals surface area contributed by atoms with Crippen molar-refractivity contribution < 1.29 is 59.5 Å². The highest BCUT2D eigenvalue weighted by Gasteiger charge is 2.68. The van der Waals surface area contributed by atoms with Crippen LogP contribution in [-0.2, 0) is 23.7 Å². The molecule has 5 aliphatic carbocycles. The molecule has 300 valence electrons. The molecule has 0 amide bonds. The van der Waals surface area contributed by atoms with Gasteiger partial charge >= 0.3 is 5.97 Å². The van der Waals surface area contributed by atoms with E-state index in [1.807, 2.05) is 0 Å². The van der Waals surface area contributed by atoms with Crippen LogP contribution in [0.25, 0.3) is 0 Å². The first-order chi connectivity index (χ1) is 24.8. The standard InChI is InChI=1S/C41H64O12/c1-20-10-15-41(36(49)53-35-33(48)31(46)30(45)24(18-42)51-35)17-16-39(6)22(28(41)21(20)2)8-9-26-38(5)13-12-27(37(3,4)25(38)11-14-40(26,39)7)52-34-32(47)29(44)23(43)19-50-34/h8-9,20-21,23-27,29-35,42-48H,10-19H2,1-7H3/t20-,21?,23+,24-,25+,26-,27+,29+,30-,31+,32-,33-,34+,35+,38+,39-,40-,41+/m1/s1. The Morgan fingerprint density at radius 2 is 1.53 bits per heavy atom. The topological polar surface area (TPSA) is 196 Å². The molecule has 12 nitrogen and oxygen atoms in total. The molecule has 12 heteroatoms. The maximum Gasteiger partial charge on any atom is 0.318 e. The van der Waals surface area contributed by atoms with Crippen molar-refractivity contribution in [3.8, 4) is 0 Å². The third-order valence-electron chi connectivity index (χ3n) is 16.5. The van der Waals surface area contributed by atoms with E-state index in [4.69, 9.17) is 18.9 Å². The SMILES string of the molecule is CC1C2=C3C=C[C@@H]4[C@@]5(C)CC[C@H](O[C@@H]6OC[C@H](O)[C@H](O)[C@H]6O)C(C)(C)[C@@H]5CC[C@@]4(C)[C@]3(C)CC[C@@]2(C(=O)O[C@@H]2O[C@H](CO)[C@@H](O)[C@H](O)[C@H]2O)CC[C@H]1C. The average Bonchev–Trinajstić information content (AvgIpc) is 3.11. The summed E-state index contributed by atoms with van der Waals surface area (Å²) in [6.45, 7) is 15.6. The number of aliphatic hydroxyl groups excluding tert-OH is 7. The second kappa shape index (κ2) is 13.6. The van der Waals surface area contributed by atoms with E-state index in [-0.39, 0.29) is 46.2 Å². The summed E-state index contributed by atoms with van der Waals surface area (Å²) < 4.78 is 23.7. The highest BCUT2D eigenvalue weighted by molar-refractivity contribution is 5.82. The second-order valence-corrected chi connectivity index (χ2v) is 19.2. The molecule has 5 fully saturated rings. The Morgan fingerprint density at radius 1 is 0.830 bits per heavy atom. The minimum Gasteiger partial charge on any atom is -0.432 e. The van der Waals surface area contributed by atoms with Gasteiger partial charge in [0.2, 0.25) is 6.29 Å². The number of esters is 1. The van der Waals surface area contributed by atoms with Gasteiger partial charge in [0.1, 0.15) is 42.7 Å². The number of carbonyl (C=O) groups is 1. The Balaban J connectivity index is 1.21. The molecular formula is C41H64O12. The maximum absolute atomic E-state index is 14.5. The van der Waals surface area contributed by atoms with E-state index in [0.29, 0.717) is 24.7 Å². The van der Waals surface area contributed by atoms with Gasteiger partial charge in [-0.2, -0.15) is 0 Å². The van der Waals surface area contributed by atoms with Crippen LogP contribution in [0.5, 0.6) is 0 Å². The molecule has 0 aromatic rings. The highest BCUT2D eigenvalue weighted by atomic mass is 16.7.